The van der Waals surface area contributed by atoms with Crippen LogP contribution in [0.1, 0.15) is 85.0 Å². The van der Waals surface area contributed by atoms with Crippen LogP contribution in [0, 0.1) is 40.4 Å². The third-order valence-corrected chi connectivity index (χ3v) is 9.46. The standard InChI is InChI=1S/C23H36O4/c1-14(24)27-20-7-6-18-17-5-4-16-12-15(13-21(25)26)8-10-22(16,2)19(17)9-11-23(18,20)3/h15-20H,4-13H2,1-3H3,(H,25,26)/t15-,16+,17+,18-,19-,20+,22+,23+/m1/s1. The van der Waals surface area contributed by atoms with E-state index >= 15 is 0 Å². The highest BCUT2D eigenvalue weighted by Gasteiger charge is 2.61. The Morgan fingerprint density at radius 2 is 1.67 bits per heavy atom. The van der Waals surface area contributed by atoms with Gasteiger partial charge in [-0.1, -0.05) is 13.8 Å². The molecule has 4 aliphatic rings. The number of carbonyl (C=O) groups is 2. The molecule has 8 atom stereocenters. The van der Waals surface area contributed by atoms with Crippen LogP contribution in [0.3, 0.4) is 0 Å². The van der Waals surface area contributed by atoms with Crippen molar-refractivity contribution in [1.82, 2.24) is 0 Å². The van der Waals surface area contributed by atoms with Crippen molar-refractivity contribution < 1.29 is 19.4 Å². The van der Waals surface area contributed by atoms with Crippen molar-refractivity contribution in [2.75, 3.05) is 0 Å². The fourth-order valence-corrected chi connectivity index (χ4v) is 8.13. The number of carboxylic acids is 1. The van der Waals surface area contributed by atoms with Gasteiger partial charge in [0.1, 0.15) is 6.10 Å². The Hall–Kier alpha value is -1.06. The molecule has 152 valence electrons. The topological polar surface area (TPSA) is 63.6 Å². The van der Waals surface area contributed by atoms with Gasteiger partial charge in [0.15, 0.2) is 0 Å². The van der Waals surface area contributed by atoms with Gasteiger partial charge in [0.2, 0.25) is 0 Å². The van der Waals surface area contributed by atoms with Crippen molar-refractivity contribution in [3.8, 4) is 0 Å². The molecule has 4 aliphatic carbocycles. The molecule has 0 aromatic rings. The van der Waals surface area contributed by atoms with Gasteiger partial charge in [0.25, 0.3) is 0 Å². The Balaban J connectivity index is 1.51. The van der Waals surface area contributed by atoms with Gasteiger partial charge in [-0.25, -0.2) is 0 Å². The van der Waals surface area contributed by atoms with E-state index in [1.807, 2.05) is 0 Å². The molecule has 0 heterocycles. The van der Waals surface area contributed by atoms with Gasteiger partial charge in [-0.05, 0) is 92.8 Å². The van der Waals surface area contributed by atoms with E-state index in [9.17, 15) is 14.7 Å². The Morgan fingerprint density at radius 3 is 2.37 bits per heavy atom. The summed E-state index contributed by atoms with van der Waals surface area (Å²) in [6.45, 7) is 6.45. The lowest BCUT2D eigenvalue weighted by molar-refractivity contribution is -0.162. The summed E-state index contributed by atoms with van der Waals surface area (Å²) in [7, 11) is 0. The summed E-state index contributed by atoms with van der Waals surface area (Å²) in [5.41, 5.74) is 0.551. The lowest BCUT2D eigenvalue weighted by Crippen LogP contribution is -2.54. The van der Waals surface area contributed by atoms with Crippen LogP contribution in [-0.2, 0) is 14.3 Å². The average Bonchev–Trinajstić information content (AvgIpc) is 2.91. The van der Waals surface area contributed by atoms with E-state index in [-0.39, 0.29) is 17.5 Å². The Bertz CT molecular complexity index is 615. The van der Waals surface area contributed by atoms with Crippen molar-refractivity contribution >= 4 is 11.9 Å². The summed E-state index contributed by atoms with van der Waals surface area (Å²) >= 11 is 0. The van der Waals surface area contributed by atoms with Crippen molar-refractivity contribution in [3.05, 3.63) is 0 Å². The SMILES string of the molecule is CC(=O)O[C@H]1CC[C@@H]2[C@@H]3CC[C@H]4C[C@H](CC(=O)O)CC[C@]4(C)[C@@H]3CC[C@]12C. The normalized spacial score (nSPS) is 48.9. The molecule has 0 unspecified atom stereocenters. The summed E-state index contributed by atoms with van der Waals surface area (Å²) in [6.07, 6.45) is 11.1. The largest absolute Gasteiger partial charge is 0.481 e. The second-order valence-electron chi connectivity index (χ2n) is 10.6. The first-order valence-electron chi connectivity index (χ1n) is 11.1. The minimum Gasteiger partial charge on any atom is -0.481 e. The van der Waals surface area contributed by atoms with E-state index < -0.39 is 5.97 Å². The molecule has 0 aromatic carbocycles. The predicted molar refractivity (Wildman–Crippen MR) is 103 cm³/mol. The number of hydrogen-bond donors (Lipinski definition) is 1. The minimum absolute atomic E-state index is 0.109. The maximum atomic E-state index is 11.6. The molecule has 4 rings (SSSR count). The van der Waals surface area contributed by atoms with Gasteiger partial charge in [-0.2, -0.15) is 0 Å². The minimum atomic E-state index is -0.631. The van der Waals surface area contributed by atoms with Crippen molar-refractivity contribution in [2.45, 2.75) is 91.1 Å². The number of carbonyl (C=O) groups excluding carboxylic acids is 1. The fraction of sp³-hybridized carbons (Fsp3) is 0.913. The third kappa shape index (κ3) is 3.11. The highest BCUT2D eigenvalue weighted by Crippen LogP contribution is 2.67. The lowest BCUT2D eigenvalue weighted by atomic mass is 9.44. The maximum Gasteiger partial charge on any atom is 0.303 e. The Morgan fingerprint density at radius 1 is 0.963 bits per heavy atom. The first kappa shape index (κ1) is 19.3. The van der Waals surface area contributed by atoms with Crippen molar-refractivity contribution in [1.29, 1.82) is 0 Å². The van der Waals surface area contributed by atoms with Crippen molar-refractivity contribution in [3.63, 3.8) is 0 Å². The van der Waals surface area contributed by atoms with Crippen LogP contribution < -0.4 is 0 Å². The molecule has 0 aromatic heterocycles. The molecular formula is C23H36O4. The molecule has 0 amide bonds. The van der Waals surface area contributed by atoms with E-state index in [2.05, 4.69) is 13.8 Å². The van der Waals surface area contributed by atoms with Gasteiger partial charge in [0, 0.05) is 18.8 Å². The average molecular weight is 377 g/mol. The Kier molecular flexibility index (Phi) is 4.83. The summed E-state index contributed by atoms with van der Waals surface area (Å²) in [5, 5.41) is 9.20. The van der Waals surface area contributed by atoms with Crippen LogP contribution >= 0.6 is 0 Å². The van der Waals surface area contributed by atoms with Crippen LogP contribution in [0.15, 0.2) is 0 Å². The number of esters is 1. The number of hydrogen-bond acceptors (Lipinski definition) is 3. The second kappa shape index (κ2) is 6.77. The van der Waals surface area contributed by atoms with Crippen LogP contribution in [0.5, 0.6) is 0 Å². The highest BCUT2D eigenvalue weighted by molar-refractivity contribution is 5.67. The fourth-order valence-electron chi connectivity index (χ4n) is 8.13. The van der Waals surface area contributed by atoms with Gasteiger partial charge in [-0.3, -0.25) is 9.59 Å². The zero-order valence-electron chi connectivity index (χ0n) is 17.2. The van der Waals surface area contributed by atoms with Crippen LogP contribution in [-0.4, -0.2) is 23.1 Å². The number of ether oxygens (including phenoxy) is 1. The molecule has 27 heavy (non-hydrogen) atoms. The van der Waals surface area contributed by atoms with E-state index in [1.54, 1.807) is 6.92 Å². The van der Waals surface area contributed by atoms with Gasteiger partial charge < -0.3 is 9.84 Å². The first-order chi connectivity index (χ1) is 12.7. The molecule has 0 radical (unpaired) electrons. The summed E-state index contributed by atoms with van der Waals surface area (Å²) in [6, 6.07) is 0. The zero-order valence-corrected chi connectivity index (χ0v) is 17.2. The molecule has 1 N–H and O–H groups in total. The van der Waals surface area contributed by atoms with E-state index in [1.165, 1.54) is 38.5 Å². The van der Waals surface area contributed by atoms with Gasteiger partial charge >= 0.3 is 11.9 Å². The lowest BCUT2D eigenvalue weighted by Gasteiger charge is -2.61. The summed E-state index contributed by atoms with van der Waals surface area (Å²) in [5.74, 6) is 2.55. The van der Waals surface area contributed by atoms with E-state index in [0.29, 0.717) is 29.6 Å². The van der Waals surface area contributed by atoms with E-state index in [4.69, 9.17) is 4.74 Å². The highest BCUT2D eigenvalue weighted by atomic mass is 16.5. The van der Waals surface area contributed by atoms with Crippen molar-refractivity contribution in [2.24, 2.45) is 40.4 Å². The molecule has 4 nitrogen and oxygen atoms in total. The molecule has 0 saturated heterocycles. The molecule has 4 heteroatoms. The summed E-state index contributed by atoms with van der Waals surface area (Å²) < 4.78 is 5.75. The van der Waals surface area contributed by atoms with Crippen LogP contribution in [0.25, 0.3) is 0 Å². The zero-order chi connectivity index (χ0) is 19.4. The number of fused-ring (bicyclic) bond motifs is 5. The van der Waals surface area contributed by atoms with Gasteiger partial charge in [-0.15, -0.1) is 0 Å². The molecular weight excluding hydrogens is 340 g/mol. The molecule has 4 fully saturated rings. The molecule has 0 bridgehead atoms. The number of aliphatic carboxylic acids is 1. The molecule has 0 aliphatic heterocycles. The van der Waals surface area contributed by atoms with Crippen LogP contribution in [0.4, 0.5) is 0 Å². The number of carboxylic acid groups (broad SMARTS) is 1. The summed E-state index contributed by atoms with van der Waals surface area (Å²) in [4.78, 5) is 22.7. The van der Waals surface area contributed by atoms with Gasteiger partial charge in [0.05, 0.1) is 0 Å². The van der Waals surface area contributed by atoms with E-state index in [0.717, 1.165) is 31.1 Å². The second-order valence-corrected chi connectivity index (χ2v) is 10.6. The quantitative estimate of drug-likeness (QED) is 0.700. The third-order valence-electron chi connectivity index (χ3n) is 9.46. The first-order valence-corrected chi connectivity index (χ1v) is 11.1. The van der Waals surface area contributed by atoms with Crippen LogP contribution in [0.2, 0.25) is 0 Å². The maximum absolute atomic E-state index is 11.6. The monoisotopic (exact) mass is 376 g/mol. The smallest absolute Gasteiger partial charge is 0.303 e. The molecule has 4 saturated carbocycles. The predicted octanol–water partition coefficient (Wildman–Crippen LogP) is 5.05. The molecule has 0 spiro atoms. The Labute approximate surface area is 163 Å². The number of rotatable bonds is 3.